The number of carbonyl (C=O) groups is 2. The van der Waals surface area contributed by atoms with Gasteiger partial charge in [-0.1, -0.05) is 43.5 Å². The van der Waals surface area contributed by atoms with E-state index in [4.69, 9.17) is 14.2 Å². The van der Waals surface area contributed by atoms with E-state index in [1.165, 1.54) is 25.0 Å². The largest absolute Gasteiger partial charge is 0.494 e. The zero-order valence-electron chi connectivity index (χ0n) is 23.5. The zero-order chi connectivity index (χ0) is 28.3. The molecule has 0 bridgehead atoms. The third kappa shape index (κ3) is 7.08. The standard InChI is InChI=1S/C31H38N4O5/c1-4-40-26-13-9-8-12-24(26)29(30(36)34-23-10-6-5-7-11-23)35(31(37)25-21-32-17-18-33-25)19-16-22-14-15-27(38-2)28(20-22)39-3/h8-9,12-15,17-18,20-21,23,29H,4-7,10-11,16,19H2,1-3H3,(H,34,36)/t29-/m0/s1. The summed E-state index contributed by atoms with van der Waals surface area (Å²) in [6.07, 6.45) is 10.1. The molecule has 1 fully saturated rings. The maximum atomic E-state index is 14.1. The Morgan fingerprint density at radius 3 is 2.48 bits per heavy atom. The molecule has 1 aromatic heterocycles. The molecule has 9 heteroatoms. The van der Waals surface area contributed by atoms with Crippen LogP contribution < -0.4 is 19.5 Å². The summed E-state index contributed by atoms with van der Waals surface area (Å²) in [5.74, 6) is 1.17. The van der Waals surface area contributed by atoms with Crippen molar-refractivity contribution in [2.24, 2.45) is 0 Å². The van der Waals surface area contributed by atoms with Crippen molar-refractivity contribution in [1.29, 1.82) is 0 Å². The van der Waals surface area contributed by atoms with Crippen molar-refractivity contribution < 1.29 is 23.8 Å². The molecule has 1 aliphatic rings. The van der Waals surface area contributed by atoms with Crippen molar-refractivity contribution in [1.82, 2.24) is 20.2 Å². The van der Waals surface area contributed by atoms with Gasteiger partial charge in [-0.15, -0.1) is 0 Å². The highest BCUT2D eigenvalue weighted by Crippen LogP contribution is 2.33. The molecule has 1 N–H and O–H groups in total. The molecule has 2 amide bonds. The molecule has 1 aliphatic carbocycles. The van der Waals surface area contributed by atoms with Gasteiger partial charge in [-0.25, -0.2) is 4.98 Å². The number of aromatic nitrogens is 2. The van der Waals surface area contributed by atoms with Gasteiger partial charge in [-0.3, -0.25) is 14.6 Å². The number of rotatable bonds is 12. The molecule has 212 valence electrons. The summed E-state index contributed by atoms with van der Waals surface area (Å²) in [5, 5.41) is 3.24. The summed E-state index contributed by atoms with van der Waals surface area (Å²) >= 11 is 0. The fraction of sp³-hybridized carbons (Fsp3) is 0.419. The lowest BCUT2D eigenvalue weighted by atomic mass is 9.94. The molecular weight excluding hydrogens is 508 g/mol. The maximum Gasteiger partial charge on any atom is 0.275 e. The molecule has 0 unspecified atom stereocenters. The van der Waals surface area contributed by atoms with E-state index in [0.717, 1.165) is 31.2 Å². The lowest BCUT2D eigenvalue weighted by Gasteiger charge is -2.34. The van der Waals surface area contributed by atoms with Crippen molar-refractivity contribution >= 4 is 11.8 Å². The van der Waals surface area contributed by atoms with Crippen molar-refractivity contribution in [2.45, 2.75) is 57.5 Å². The average molecular weight is 547 g/mol. The first-order chi connectivity index (χ1) is 19.5. The Morgan fingerprint density at radius 2 is 1.77 bits per heavy atom. The van der Waals surface area contributed by atoms with Gasteiger partial charge in [0.1, 0.15) is 17.5 Å². The minimum Gasteiger partial charge on any atom is -0.494 e. The van der Waals surface area contributed by atoms with Crippen molar-refractivity contribution in [3.63, 3.8) is 0 Å². The highest BCUT2D eigenvalue weighted by Gasteiger charge is 2.35. The van der Waals surface area contributed by atoms with Gasteiger partial charge in [0, 0.05) is 30.5 Å². The summed E-state index contributed by atoms with van der Waals surface area (Å²) in [4.78, 5) is 38.1. The Balaban J connectivity index is 1.74. The summed E-state index contributed by atoms with van der Waals surface area (Å²) in [5.41, 5.74) is 1.72. The number of para-hydroxylation sites is 1. The van der Waals surface area contributed by atoms with Crippen LogP contribution in [0.5, 0.6) is 17.2 Å². The van der Waals surface area contributed by atoms with Crippen LogP contribution >= 0.6 is 0 Å². The van der Waals surface area contributed by atoms with E-state index in [0.29, 0.717) is 35.8 Å². The molecule has 0 radical (unpaired) electrons. The van der Waals surface area contributed by atoms with Gasteiger partial charge in [0.05, 0.1) is 27.0 Å². The third-order valence-corrected chi connectivity index (χ3v) is 7.16. The lowest BCUT2D eigenvalue weighted by molar-refractivity contribution is -0.127. The maximum absolute atomic E-state index is 14.1. The Morgan fingerprint density at radius 1 is 1.00 bits per heavy atom. The molecular formula is C31H38N4O5. The summed E-state index contributed by atoms with van der Waals surface area (Å²) in [7, 11) is 3.17. The molecule has 0 saturated heterocycles. The van der Waals surface area contributed by atoms with Gasteiger partial charge in [0.2, 0.25) is 5.91 Å². The predicted molar refractivity (Wildman–Crippen MR) is 152 cm³/mol. The Bertz CT molecular complexity index is 1260. The fourth-order valence-electron chi connectivity index (χ4n) is 5.16. The topological polar surface area (TPSA) is 103 Å². The molecule has 9 nitrogen and oxygen atoms in total. The van der Waals surface area contributed by atoms with Crippen LogP contribution in [0.2, 0.25) is 0 Å². The number of benzene rings is 2. The number of methoxy groups -OCH3 is 2. The van der Waals surface area contributed by atoms with Gasteiger partial charge >= 0.3 is 0 Å². The van der Waals surface area contributed by atoms with Crippen molar-refractivity contribution in [3.8, 4) is 17.2 Å². The van der Waals surface area contributed by atoms with Crippen LogP contribution in [0.4, 0.5) is 0 Å². The van der Waals surface area contributed by atoms with E-state index < -0.39 is 6.04 Å². The SMILES string of the molecule is CCOc1ccccc1[C@@H](C(=O)NC1CCCCC1)N(CCc1ccc(OC)c(OC)c1)C(=O)c1cnccn1. The Kier molecular flexibility index (Phi) is 10.3. The smallest absolute Gasteiger partial charge is 0.275 e. The molecule has 2 aromatic carbocycles. The molecule has 4 rings (SSSR count). The van der Waals surface area contributed by atoms with Gasteiger partial charge in [0.15, 0.2) is 11.5 Å². The number of carbonyl (C=O) groups excluding carboxylic acids is 2. The zero-order valence-corrected chi connectivity index (χ0v) is 23.5. The first-order valence-electron chi connectivity index (χ1n) is 13.9. The number of ether oxygens (including phenoxy) is 3. The Hall–Kier alpha value is -4.14. The van der Waals surface area contributed by atoms with E-state index in [1.54, 1.807) is 19.1 Å². The number of hydrogen-bond donors (Lipinski definition) is 1. The van der Waals surface area contributed by atoms with Crippen LogP contribution in [0.15, 0.2) is 61.1 Å². The normalized spacial score (nSPS) is 14.2. The number of amides is 2. The number of nitrogens with zero attached hydrogens (tertiary/aromatic N) is 3. The second-order valence-corrected chi connectivity index (χ2v) is 9.75. The molecule has 0 aliphatic heterocycles. The quantitative estimate of drug-likeness (QED) is 0.349. The summed E-state index contributed by atoms with van der Waals surface area (Å²) in [6, 6.07) is 12.2. The van der Waals surface area contributed by atoms with Gasteiger partial charge in [0.25, 0.3) is 5.91 Å². The van der Waals surface area contributed by atoms with E-state index in [-0.39, 0.29) is 30.1 Å². The van der Waals surface area contributed by atoms with Crippen LogP contribution in [-0.4, -0.2) is 60.1 Å². The first kappa shape index (κ1) is 28.9. The highest BCUT2D eigenvalue weighted by atomic mass is 16.5. The monoisotopic (exact) mass is 546 g/mol. The van der Waals surface area contributed by atoms with Crippen molar-refractivity contribution in [2.75, 3.05) is 27.4 Å². The van der Waals surface area contributed by atoms with Crippen LogP contribution in [0.3, 0.4) is 0 Å². The van der Waals surface area contributed by atoms with Gasteiger partial charge in [-0.2, -0.15) is 0 Å². The van der Waals surface area contributed by atoms with Crippen LogP contribution in [0.1, 0.15) is 66.7 Å². The molecule has 1 atom stereocenters. The van der Waals surface area contributed by atoms with E-state index in [1.807, 2.05) is 49.4 Å². The minimum atomic E-state index is -0.931. The average Bonchev–Trinajstić information content (AvgIpc) is 3.00. The number of nitrogens with one attached hydrogen (secondary N) is 1. The Labute approximate surface area is 235 Å². The molecule has 3 aromatic rings. The van der Waals surface area contributed by atoms with E-state index >= 15 is 0 Å². The van der Waals surface area contributed by atoms with Crippen LogP contribution in [0.25, 0.3) is 0 Å². The van der Waals surface area contributed by atoms with Crippen molar-refractivity contribution in [3.05, 3.63) is 77.9 Å². The van der Waals surface area contributed by atoms with E-state index in [9.17, 15) is 9.59 Å². The summed E-state index contributed by atoms with van der Waals surface area (Å²) < 4.78 is 16.8. The molecule has 1 saturated carbocycles. The van der Waals surface area contributed by atoms with Gasteiger partial charge in [-0.05, 0) is 49.9 Å². The van der Waals surface area contributed by atoms with Crippen LogP contribution in [0, 0.1) is 0 Å². The minimum absolute atomic E-state index is 0.0716. The van der Waals surface area contributed by atoms with Gasteiger partial charge < -0.3 is 24.4 Å². The van der Waals surface area contributed by atoms with E-state index in [2.05, 4.69) is 15.3 Å². The van der Waals surface area contributed by atoms with Crippen LogP contribution in [-0.2, 0) is 11.2 Å². The first-order valence-corrected chi connectivity index (χ1v) is 13.9. The molecule has 40 heavy (non-hydrogen) atoms. The highest BCUT2D eigenvalue weighted by molar-refractivity contribution is 5.96. The number of hydrogen-bond acceptors (Lipinski definition) is 7. The molecule has 1 heterocycles. The second-order valence-electron chi connectivity index (χ2n) is 9.75. The summed E-state index contributed by atoms with van der Waals surface area (Å²) in [6.45, 7) is 2.57. The fourth-order valence-corrected chi connectivity index (χ4v) is 5.16. The third-order valence-electron chi connectivity index (χ3n) is 7.16. The second kappa shape index (κ2) is 14.3. The lowest BCUT2D eigenvalue weighted by Crippen LogP contribution is -2.48. The molecule has 0 spiro atoms. The predicted octanol–water partition coefficient (Wildman–Crippen LogP) is 4.77.